The van der Waals surface area contributed by atoms with Crippen molar-refractivity contribution < 1.29 is 4.79 Å². The van der Waals surface area contributed by atoms with Crippen molar-refractivity contribution in [3.63, 3.8) is 0 Å². The SMILES string of the molecule is Cc1cc(=O)[nH]c(-c2cccc(NC(=O)C3CC3c3ccc(Br)cc3)c2)n1. The fourth-order valence-electron chi connectivity index (χ4n) is 3.26. The summed E-state index contributed by atoms with van der Waals surface area (Å²) in [4.78, 5) is 31.3. The van der Waals surface area contributed by atoms with Gasteiger partial charge in [0.05, 0.1) is 0 Å². The number of rotatable bonds is 4. The molecular weight excluding hydrogens is 406 g/mol. The molecule has 1 aromatic heterocycles. The Morgan fingerprint density at radius 3 is 2.70 bits per heavy atom. The monoisotopic (exact) mass is 423 g/mol. The van der Waals surface area contributed by atoms with Gasteiger partial charge in [0.25, 0.3) is 5.56 Å². The van der Waals surface area contributed by atoms with E-state index in [0.717, 1.165) is 16.5 Å². The molecule has 27 heavy (non-hydrogen) atoms. The average molecular weight is 424 g/mol. The molecule has 2 unspecified atom stereocenters. The molecule has 0 aliphatic heterocycles. The van der Waals surface area contributed by atoms with Gasteiger partial charge in [-0.2, -0.15) is 0 Å². The van der Waals surface area contributed by atoms with Gasteiger partial charge in [0.2, 0.25) is 5.91 Å². The summed E-state index contributed by atoms with van der Waals surface area (Å²) in [6, 6.07) is 16.9. The zero-order valence-corrected chi connectivity index (χ0v) is 16.3. The van der Waals surface area contributed by atoms with E-state index >= 15 is 0 Å². The highest BCUT2D eigenvalue weighted by Crippen LogP contribution is 2.48. The van der Waals surface area contributed by atoms with Crippen LogP contribution >= 0.6 is 15.9 Å². The summed E-state index contributed by atoms with van der Waals surface area (Å²) >= 11 is 3.43. The first-order chi connectivity index (χ1) is 13.0. The molecule has 136 valence electrons. The first-order valence-corrected chi connectivity index (χ1v) is 9.53. The minimum absolute atomic E-state index is 0.00765. The van der Waals surface area contributed by atoms with Crippen molar-refractivity contribution in [2.75, 3.05) is 5.32 Å². The summed E-state index contributed by atoms with van der Waals surface area (Å²) in [5.74, 6) is 0.781. The predicted molar refractivity (Wildman–Crippen MR) is 109 cm³/mol. The Bertz CT molecular complexity index is 1060. The maximum atomic E-state index is 12.6. The normalized spacial score (nSPS) is 18.1. The second-order valence-corrected chi connectivity index (χ2v) is 7.72. The van der Waals surface area contributed by atoms with Gasteiger partial charge >= 0.3 is 0 Å². The number of halogens is 1. The molecular formula is C21H18BrN3O2. The third-order valence-electron chi connectivity index (χ3n) is 4.70. The van der Waals surface area contributed by atoms with Gasteiger partial charge in [-0.1, -0.05) is 40.2 Å². The van der Waals surface area contributed by atoms with E-state index in [1.807, 2.05) is 36.4 Å². The number of benzene rings is 2. The standard InChI is InChI=1S/C21H18BrN3O2/c1-12-9-19(26)25-20(23-12)14-3-2-4-16(10-14)24-21(27)18-11-17(18)13-5-7-15(22)8-6-13/h2-10,17-18H,11H2,1H3,(H,24,27)(H,23,25,26). The number of hydrogen-bond acceptors (Lipinski definition) is 3. The topological polar surface area (TPSA) is 74.8 Å². The van der Waals surface area contributed by atoms with Gasteiger partial charge in [-0.05, 0) is 49.1 Å². The van der Waals surface area contributed by atoms with Gasteiger partial charge in [0.15, 0.2) is 0 Å². The van der Waals surface area contributed by atoms with E-state index in [1.165, 1.54) is 11.6 Å². The zero-order valence-electron chi connectivity index (χ0n) is 14.7. The smallest absolute Gasteiger partial charge is 0.251 e. The third-order valence-corrected chi connectivity index (χ3v) is 5.23. The van der Waals surface area contributed by atoms with Crippen LogP contribution in [0, 0.1) is 12.8 Å². The molecule has 0 spiro atoms. The number of nitrogens with one attached hydrogen (secondary N) is 2. The molecule has 1 saturated carbocycles. The highest BCUT2D eigenvalue weighted by atomic mass is 79.9. The van der Waals surface area contributed by atoms with Crippen LogP contribution in [0.4, 0.5) is 5.69 Å². The van der Waals surface area contributed by atoms with Crippen LogP contribution in [0.25, 0.3) is 11.4 Å². The Morgan fingerprint density at radius 1 is 1.19 bits per heavy atom. The number of amides is 1. The molecule has 2 atom stereocenters. The highest BCUT2D eigenvalue weighted by Gasteiger charge is 2.43. The summed E-state index contributed by atoms with van der Waals surface area (Å²) in [6.07, 6.45) is 0.861. The highest BCUT2D eigenvalue weighted by molar-refractivity contribution is 9.10. The lowest BCUT2D eigenvalue weighted by atomic mass is 10.1. The fraction of sp³-hybridized carbons (Fsp3) is 0.190. The fourth-order valence-corrected chi connectivity index (χ4v) is 3.52. The van der Waals surface area contributed by atoms with Gasteiger partial charge in [0, 0.05) is 33.4 Å². The molecule has 3 aromatic rings. The molecule has 1 aliphatic carbocycles. The predicted octanol–water partition coefficient (Wildman–Crippen LogP) is 4.25. The van der Waals surface area contributed by atoms with Crippen LogP contribution in [0.2, 0.25) is 0 Å². The maximum Gasteiger partial charge on any atom is 0.251 e. The molecule has 6 heteroatoms. The lowest BCUT2D eigenvalue weighted by molar-refractivity contribution is -0.117. The van der Waals surface area contributed by atoms with Crippen LogP contribution in [-0.2, 0) is 4.79 Å². The summed E-state index contributed by atoms with van der Waals surface area (Å²) < 4.78 is 1.03. The number of anilines is 1. The quantitative estimate of drug-likeness (QED) is 0.658. The maximum absolute atomic E-state index is 12.6. The van der Waals surface area contributed by atoms with Crippen molar-refractivity contribution in [1.82, 2.24) is 9.97 Å². The Kier molecular flexibility index (Phi) is 4.66. The van der Waals surface area contributed by atoms with Crippen LogP contribution in [0.5, 0.6) is 0 Å². The average Bonchev–Trinajstić information content (AvgIpc) is 3.43. The van der Waals surface area contributed by atoms with Gasteiger partial charge in [0.1, 0.15) is 5.82 Å². The van der Waals surface area contributed by atoms with E-state index in [0.29, 0.717) is 17.2 Å². The van der Waals surface area contributed by atoms with Crippen molar-refractivity contribution >= 4 is 27.5 Å². The molecule has 2 N–H and O–H groups in total. The molecule has 0 radical (unpaired) electrons. The summed E-state index contributed by atoms with van der Waals surface area (Å²) in [5.41, 5.74) is 3.10. The van der Waals surface area contributed by atoms with Gasteiger partial charge in [-0.25, -0.2) is 4.98 Å². The Labute approximate surface area is 165 Å². The lowest BCUT2D eigenvalue weighted by Gasteiger charge is -2.08. The van der Waals surface area contributed by atoms with Crippen molar-refractivity contribution in [2.45, 2.75) is 19.3 Å². The second kappa shape index (κ2) is 7.12. The number of aromatic amines is 1. The zero-order chi connectivity index (χ0) is 19.0. The molecule has 1 heterocycles. The number of carbonyl (C=O) groups is 1. The second-order valence-electron chi connectivity index (χ2n) is 6.81. The van der Waals surface area contributed by atoms with Crippen molar-refractivity contribution in [3.8, 4) is 11.4 Å². The van der Waals surface area contributed by atoms with E-state index in [-0.39, 0.29) is 23.3 Å². The number of H-pyrrole nitrogens is 1. The molecule has 1 amide bonds. The van der Waals surface area contributed by atoms with Crippen LogP contribution in [0.3, 0.4) is 0 Å². The lowest BCUT2D eigenvalue weighted by Crippen LogP contribution is -2.14. The molecule has 4 rings (SSSR count). The number of carbonyl (C=O) groups excluding carboxylic acids is 1. The van der Waals surface area contributed by atoms with Crippen LogP contribution < -0.4 is 10.9 Å². The summed E-state index contributed by atoms with van der Waals surface area (Å²) in [5, 5.41) is 2.99. The minimum Gasteiger partial charge on any atom is -0.326 e. The summed E-state index contributed by atoms with van der Waals surface area (Å²) in [6.45, 7) is 1.78. The van der Waals surface area contributed by atoms with Crippen LogP contribution in [0.1, 0.15) is 23.6 Å². The first-order valence-electron chi connectivity index (χ1n) is 8.74. The van der Waals surface area contributed by atoms with E-state index in [9.17, 15) is 9.59 Å². The van der Waals surface area contributed by atoms with Gasteiger partial charge in [-0.15, -0.1) is 0 Å². The minimum atomic E-state index is -0.192. The third kappa shape index (κ3) is 4.01. The van der Waals surface area contributed by atoms with Gasteiger partial charge in [-0.3, -0.25) is 9.59 Å². The number of aryl methyl sites for hydroxylation is 1. The molecule has 5 nitrogen and oxygen atoms in total. The van der Waals surface area contributed by atoms with E-state index in [2.05, 4.69) is 43.3 Å². The molecule has 2 aromatic carbocycles. The molecule has 1 aliphatic rings. The number of aromatic nitrogens is 2. The largest absolute Gasteiger partial charge is 0.326 e. The van der Waals surface area contributed by atoms with Crippen molar-refractivity contribution in [1.29, 1.82) is 0 Å². The van der Waals surface area contributed by atoms with Crippen LogP contribution in [-0.4, -0.2) is 15.9 Å². The van der Waals surface area contributed by atoms with Crippen molar-refractivity contribution in [2.24, 2.45) is 5.92 Å². The Hall–Kier alpha value is -2.73. The number of nitrogens with zero attached hydrogens (tertiary/aromatic N) is 1. The Morgan fingerprint density at radius 2 is 1.96 bits per heavy atom. The molecule has 1 fully saturated rings. The number of hydrogen-bond donors (Lipinski definition) is 2. The first kappa shape index (κ1) is 17.7. The van der Waals surface area contributed by atoms with E-state index < -0.39 is 0 Å². The Balaban J connectivity index is 1.48. The summed E-state index contributed by atoms with van der Waals surface area (Å²) in [7, 11) is 0. The van der Waals surface area contributed by atoms with E-state index in [4.69, 9.17) is 0 Å². The van der Waals surface area contributed by atoms with Gasteiger partial charge < -0.3 is 10.3 Å². The molecule has 0 saturated heterocycles. The van der Waals surface area contributed by atoms with Crippen molar-refractivity contribution in [3.05, 3.63) is 80.7 Å². The van der Waals surface area contributed by atoms with Crippen LogP contribution in [0.15, 0.2) is 63.9 Å². The molecule has 0 bridgehead atoms. The van der Waals surface area contributed by atoms with E-state index in [1.54, 1.807) is 6.92 Å².